The highest BCUT2D eigenvalue weighted by Crippen LogP contribution is 2.29. The highest BCUT2D eigenvalue weighted by atomic mass is 16.2. The van der Waals surface area contributed by atoms with Gasteiger partial charge in [0, 0.05) is 42.9 Å². The molecule has 0 unspecified atom stereocenters. The molecule has 0 aliphatic carbocycles. The van der Waals surface area contributed by atoms with E-state index in [-0.39, 0.29) is 17.6 Å². The Morgan fingerprint density at radius 3 is 2.32 bits per heavy atom. The van der Waals surface area contributed by atoms with Crippen LogP contribution in [0.1, 0.15) is 59.2 Å². The van der Waals surface area contributed by atoms with Gasteiger partial charge in [-0.15, -0.1) is 0 Å². The lowest BCUT2D eigenvalue weighted by Crippen LogP contribution is -2.37. The summed E-state index contributed by atoms with van der Waals surface area (Å²) in [6.45, 7) is 2.40. The summed E-state index contributed by atoms with van der Waals surface area (Å²) in [6, 6.07) is 13.3. The molecule has 2 heterocycles. The van der Waals surface area contributed by atoms with Crippen LogP contribution in [-0.4, -0.2) is 42.2 Å². The van der Waals surface area contributed by atoms with Gasteiger partial charge < -0.3 is 15.5 Å². The summed E-state index contributed by atoms with van der Waals surface area (Å²) in [7, 11) is 0. The molecule has 1 fully saturated rings. The first-order valence-corrected chi connectivity index (χ1v) is 11.2. The molecule has 3 N–H and O–H groups in total. The largest absolute Gasteiger partial charge is 0.384 e. The van der Waals surface area contributed by atoms with Gasteiger partial charge in [-0.2, -0.15) is 0 Å². The van der Waals surface area contributed by atoms with Crippen molar-refractivity contribution in [2.24, 2.45) is 5.73 Å². The number of carbonyl (C=O) groups excluding carboxylic acids is 2. The van der Waals surface area contributed by atoms with Crippen molar-refractivity contribution in [1.29, 1.82) is 5.41 Å². The fourth-order valence-electron chi connectivity index (χ4n) is 4.51. The van der Waals surface area contributed by atoms with Gasteiger partial charge in [0.15, 0.2) is 0 Å². The highest BCUT2D eigenvalue weighted by Gasteiger charge is 2.25. The second-order valence-electron chi connectivity index (χ2n) is 8.46. The molecule has 0 radical (unpaired) electrons. The van der Waals surface area contributed by atoms with Gasteiger partial charge in [0.05, 0.1) is 0 Å². The third-order valence-corrected chi connectivity index (χ3v) is 6.28. The third-order valence-electron chi connectivity index (χ3n) is 6.28. The van der Waals surface area contributed by atoms with Crippen molar-refractivity contribution in [2.45, 2.75) is 44.9 Å². The van der Waals surface area contributed by atoms with Crippen LogP contribution in [0.5, 0.6) is 0 Å². The van der Waals surface area contributed by atoms with Crippen molar-refractivity contribution in [1.82, 2.24) is 4.90 Å². The minimum atomic E-state index is 0.0469. The molecule has 2 amide bonds. The van der Waals surface area contributed by atoms with Crippen molar-refractivity contribution < 1.29 is 9.59 Å². The smallest absolute Gasteiger partial charge is 0.253 e. The number of piperidine rings is 1. The van der Waals surface area contributed by atoms with Gasteiger partial charge in [-0.25, -0.2) is 0 Å². The monoisotopic (exact) mass is 418 g/mol. The van der Waals surface area contributed by atoms with Gasteiger partial charge in [-0.05, 0) is 67.9 Å². The van der Waals surface area contributed by atoms with Crippen LogP contribution >= 0.6 is 0 Å². The first-order chi connectivity index (χ1) is 15.0. The fourth-order valence-corrected chi connectivity index (χ4v) is 4.51. The van der Waals surface area contributed by atoms with Crippen molar-refractivity contribution >= 4 is 23.3 Å². The number of likely N-dealkylation sites (tertiary alicyclic amines) is 1. The summed E-state index contributed by atoms with van der Waals surface area (Å²) in [5, 5.41) is 7.47. The van der Waals surface area contributed by atoms with E-state index in [0.717, 1.165) is 61.2 Å². The number of amidine groups is 1. The lowest BCUT2D eigenvalue weighted by Gasteiger charge is -2.31. The standard InChI is InChI=1S/C25H30N4O2/c26-24(27)19-9-6-18(7-10-19)8-13-23(30)29-16-4-5-20-17-21(11-12-22(20)29)25(31)28-14-2-1-3-15-28/h6-7,9-12,17H,1-5,8,13-16H2,(H3,26,27). The molecular formula is C25H30N4O2. The van der Waals surface area contributed by atoms with E-state index in [4.69, 9.17) is 11.1 Å². The zero-order valence-electron chi connectivity index (χ0n) is 17.9. The average Bonchev–Trinajstić information content (AvgIpc) is 2.82. The Morgan fingerprint density at radius 2 is 1.61 bits per heavy atom. The second-order valence-corrected chi connectivity index (χ2v) is 8.46. The second kappa shape index (κ2) is 9.33. The van der Waals surface area contributed by atoms with Gasteiger partial charge in [-0.3, -0.25) is 15.0 Å². The van der Waals surface area contributed by atoms with E-state index < -0.39 is 0 Å². The number of carbonyl (C=O) groups is 2. The zero-order valence-corrected chi connectivity index (χ0v) is 17.9. The van der Waals surface area contributed by atoms with Crippen LogP contribution in [0.4, 0.5) is 5.69 Å². The molecule has 4 rings (SSSR count). The summed E-state index contributed by atoms with van der Waals surface area (Å²) in [5.74, 6) is 0.261. The number of hydrogen-bond donors (Lipinski definition) is 2. The molecule has 1 saturated heterocycles. The first-order valence-electron chi connectivity index (χ1n) is 11.2. The minimum Gasteiger partial charge on any atom is -0.384 e. The van der Waals surface area contributed by atoms with Crippen molar-refractivity contribution in [3.8, 4) is 0 Å². The summed E-state index contributed by atoms with van der Waals surface area (Å²) < 4.78 is 0. The quantitative estimate of drug-likeness (QED) is 0.575. The number of fused-ring (bicyclic) bond motifs is 1. The van der Waals surface area contributed by atoms with E-state index in [2.05, 4.69) is 0 Å². The minimum absolute atomic E-state index is 0.0469. The van der Waals surface area contributed by atoms with E-state index in [1.54, 1.807) is 0 Å². The Morgan fingerprint density at radius 1 is 0.903 bits per heavy atom. The zero-order chi connectivity index (χ0) is 21.8. The molecular weight excluding hydrogens is 388 g/mol. The van der Waals surface area contributed by atoms with Gasteiger partial charge >= 0.3 is 0 Å². The topological polar surface area (TPSA) is 90.5 Å². The molecule has 162 valence electrons. The van der Waals surface area contributed by atoms with E-state index in [1.165, 1.54) is 6.42 Å². The van der Waals surface area contributed by atoms with E-state index in [9.17, 15) is 9.59 Å². The third kappa shape index (κ3) is 4.79. The predicted octanol–water partition coefficient (Wildman–Crippen LogP) is 3.51. The average molecular weight is 419 g/mol. The Balaban J connectivity index is 1.43. The molecule has 2 aliphatic heterocycles. The number of nitrogens with zero attached hydrogens (tertiary/aromatic N) is 2. The summed E-state index contributed by atoms with van der Waals surface area (Å²) in [4.78, 5) is 29.6. The van der Waals surface area contributed by atoms with Gasteiger partial charge in [-0.1, -0.05) is 24.3 Å². The number of amides is 2. The van der Waals surface area contributed by atoms with Crippen LogP contribution in [0.15, 0.2) is 42.5 Å². The summed E-state index contributed by atoms with van der Waals surface area (Å²) in [6.07, 6.45) is 6.24. The molecule has 0 bridgehead atoms. The Labute approximate surface area is 183 Å². The molecule has 0 aromatic heterocycles. The number of hydrogen-bond acceptors (Lipinski definition) is 3. The van der Waals surface area contributed by atoms with Crippen molar-refractivity contribution in [3.63, 3.8) is 0 Å². The van der Waals surface area contributed by atoms with Crippen LogP contribution in [-0.2, 0) is 17.6 Å². The lowest BCUT2D eigenvalue weighted by atomic mass is 9.97. The van der Waals surface area contributed by atoms with E-state index in [0.29, 0.717) is 24.9 Å². The van der Waals surface area contributed by atoms with Gasteiger partial charge in [0.1, 0.15) is 5.84 Å². The number of nitrogens with two attached hydrogens (primary N) is 1. The Hall–Kier alpha value is -3.15. The number of anilines is 1. The highest BCUT2D eigenvalue weighted by molar-refractivity contribution is 5.98. The van der Waals surface area contributed by atoms with Crippen molar-refractivity contribution in [2.75, 3.05) is 24.5 Å². The van der Waals surface area contributed by atoms with E-state index in [1.807, 2.05) is 52.3 Å². The fraction of sp³-hybridized carbons (Fsp3) is 0.400. The maximum atomic E-state index is 13.0. The number of nitrogens with one attached hydrogen (secondary N) is 1. The molecule has 31 heavy (non-hydrogen) atoms. The van der Waals surface area contributed by atoms with Gasteiger partial charge in [0.25, 0.3) is 5.91 Å². The molecule has 0 saturated carbocycles. The number of rotatable bonds is 5. The van der Waals surface area contributed by atoms with Crippen LogP contribution < -0.4 is 10.6 Å². The van der Waals surface area contributed by atoms with Crippen LogP contribution in [0.2, 0.25) is 0 Å². The maximum absolute atomic E-state index is 13.0. The maximum Gasteiger partial charge on any atom is 0.253 e. The first kappa shape index (κ1) is 21.1. The molecule has 6 heteroatoms. The Kier molecular flexibility index (Phi) is 6.35. The molecule has 6 nitrogen and oxygen atoms in total. The molecule has 2 aromatic carbocycles. The normalized spacial score (nSPS) is 16.0. The predicted molar refractivity (Wildman–Crippen MR) is 123 cm³/mol. The van der Waals surface area contributed by atoms with Crippen molar-refractivity contribution in [3.05, 3.63) is 64.7 Å². The van der Waals surface area contributed by atoms with Crippen LogP contribution in [0.3, 0.4) is 0 Å². The summed E-state index contributed by atoms with van der Waals surface area (Å²) in [5.41, 5.74) is 10.0. The molecule has 0 atom stereocenters. The van der Waals surface area contributed by atoms with Crippen LogP contribution in [0, 0.1) is 5.41 Å². The lowest BCUT2D eigenvalue weighted by molar-refractivity contribution is -0.118. The number of benzene rings is 2. The molecule has 0 spiro atoms. The molecule has 2 aliphatic rings. The summed E-state index contributed by atoms with van der Waals surface area (Å²) >= 11 is 0. The van der Waals surface area contributed by atoms with Crippen LogP contribution in [0.25, 0.3) is 0 Å². The SMILES string of the molecule is N=C(N)c1ccc(CCC(=O)N2CCCc3cc(C(=O)N4CCCCC4)ccc32)cc1. The Bertz CT molecular complexity index is 978. The molecule has 2 aromatic rings. The number of aryl methyl sites for hydroxylation is 2. The number of nitrogen functional groups attached to an aromatic ring is 1. The van der Waals surface area contributed by atoms with Gasteiger partial charge in [0.2, 0.25) is 5.91 Å². The van der Waals surface area contributed by atoms with E-state index >= 15 is 0 Å².